The zero-order valence-electron chi connectivity index (χ0n) is 18.9. The van der Waals surface area contributed by atoms with Crippen molar-refractivity contribution in [2.75, 3.05) is 19.7 Å². The minimum absolute atomic E-state index is 0.00160. The summed E-state index contributed by atoms with van der Waals surface area (Å²) >= 11 is 1.33. The zero-order chi connectivity index (χ0) is 23.2. The van der Waals surface area contributed by atoms with E-state index in [1.54, 1.807) is 6.20 Å². The Kier molecular flexibility index (Phi) is 7.34. The molecule has 1 N–H and O–H groups in total. The Morgan fingerprint density at radius 1 is 1.15 bits per heavy atom. The molecule has 172 valence electrons. The standard InChI is InChI=1S/C25H28N4O3S/c1-3-19(18-10-4-5-12-21(18)32-16-22(30)29-14-8-9-15-29)28-24(31)23-17(2)27-25(33-23)20-11-6-7-13-26-20/h4-7,10-13,19H,3,8-9,14-16H2,1-2H3,(H,28,31). The first kappa shape index (κ1) is 22.9. The van der Waals surface area contributed by atoms with Crippen LogP contribution in [0.3, 0.4) is 0 Å². The van der Waals surface area contributed by atoms with Crippen LogP contribution in [0, 0.1) is 6.92 Å². The summed E-state index contributed by atoms with van der Waals surface area (Å²) < 4.78 is 5.91. The number of aromatic nitrogens is 2. The van der Waals surface area contributed by atoms with E-state index in [1.165, 1.54) is 11.3 Å². The van der Waals surface area contributed by atoms with Gasteiger partial charge in [-0.05, 0) is 44.4 Å². The Morgan fingerprint density at radius 3 is 2.64 bits per heavy atom. The third kappa shape index (κ3) is 5.39. The fourth-order valence-corrected chi connectivity index (χ4v) is 4.87. The van der Waals surface area contributed by atoms with E-state index in [0.29, 0.717) is 22.7 Å². The van der Waals surface area contributed by atoms with Gasteiger partial charge < -0.3 is 15.0 Å². The van der Waals surface area contributed by atoms with Crippen molar-refractivity contribution in [2.45, 2.75) is 39.2 Å². The van der Waals surface area contributed by atoms with E-state index in [4.69, 9.17) is 4.74 Å². The number of hydrogen-bond donors (Lipinski definition) is 1. The third-order valence-electron chi connectivity index (χ3n) is 5.70. The van der Waals surface area contributed by atoms with Crippen LogP contribution in [0.25, 0.3) is 10.7 Å². The molecule has 0 radical (unpaired) electrons. The van der Waals surface area contributed by atoms with Crippen LogP contribution in [0.5, 0.6) is 5.75 Å². The first-order valence-corrected chi connectivity index (χ1v) is 12.1. The highest BCUT2D eigenvalue weighted by Crippen LogP contribution is 2.30. The van der Waals surface area contributed by atoms with Crippen LogP contribution in [0.4, 0.5) is 0 Å². The number of thiazole rings is 1. The van der Waals surface area contributed by atoms with E-state index in [2.05, 4.69) is 15.3 Å². The second-order valence-electron chi connectivity index (χ2n) is 8.00. The van der Waals surface area contributed by atoms with Crippen LogP contribution in [0.1, 0.15) is 53.2 Å². The van der Waals surface area contributed by atoms with Crippen LogP contribution >= 0.6 is 11.3 Å². The number of benzene rings is 1. The van der Waals surface area contributed by atoms with Gasteiger partial charge in [-0.2, -0.15) is 0 Å². The van der Waals surface area contributed by atoms with E-state index >= 15 is 0 Å². The Bertz CT molecular complexity index is 1110. The van der Waals surface area contributed by atoms with Crippen molar-refractivity contribution in [1.82, 2.24) is 20.2 Å². The fraction of sp³-hybridized carbons (Fsp3) is 0.360. The van der Waals surface area contributed by atoms with Gasteiger partial charge in [0.1, 0.15) is 15.6 Å². The number of aryl methyl sites for hydroxylation is 1. The predicted molar refractivity (Wildman–Crippen MR) is 128 cm³/mol. The molecule has 3 heterocycles. The average molecular weight is 465 g/mol. The molecule has 1 aliphatic heterocycles. The van der Waals surface area contributed by atoms with E-state index in [-0.39, 0.29) is 24.5 Å². The van der Waals surface area contributed by atoms with Crippen LogP contribution in [-0.4, -0.2) is 46.4 Å². The van der Waals surface area contributed by atoms with Gasteiger partial charge in [0.25, 0.3) is 11.8 Å². The number of hydrogen-bond acceptors (Lipinski definition) is 6. The molecule has 0 spiro atoms. The van der Waals surface area contributed by atoms with Crippen molar-refractivity contribution >= 4 is 23.2 Å². The summed E-state index contributed by atoms with van der Waals surface area (Å²) in [5.41, 5.74) is 2.28. The number of ether oxygens (including phenoxy) is 1. The molecule has 0 bridgehead atoms. The van der Waals surface area contributed by atoms with Crippen molar-refractivity contribution < 1.29 is 14.3 Å². The molecule has 0 saturated carbocycles. The maximum absolute atomic E-state index is 13.1. The first-order valence-electron chi connectivity index (χ1n) is 11.3. The van der Waals surface area contributed by atoms with Gasteiger partial charge in [-0.3, -0.25) is 14.6 Å². The van der Waals surface area contributed by atoms with Gasteiger partial charge in [-0.25, -0.2) is 4.98 Å². The van der Waals surface area contributed by atoms with E-state index in [1.807, 2.05) is 61.2 Å². The molecule has 8 heteroatoms. The molecule has 4 rings (SSSR count). The quantitative estimate of drug-likeness (QED) is 0.534. The molecule has 3 aromatic rings. The second kappa shape index (κ2) is 10.6. The summed E-state index contributed by atoms with van der Waals surface area (Å²) in [7, 11) is 0. The number of rotatable bonds is 8. The summed E-state index contributed by atoms with van der Waals surface area (Å²) in [6.07, 6.45) is 4.48. The molecule has 0 aliphatic carbocycles. The number of pyridine rings is 1. The molecule has 1 atom stereocenters. The molecule has 2 aromatic heterocycles. The molecule has 1 unspecified atom stereocenters. The molecule has 1 saturated heterocycles. The molecule has 33 heavy (non-hydrogen) atoms. The highest BCUT2D eigenvalue weighted by molar-refractivity contribution is 7.17. The van der Waals surface area contributed by atoms with E-state index in [9.17, 15) is 9.59 Å². The molecule has 7 nitrogen and oxygen atoms in total. The number of carbonyl (C=O) groups excluding carboxylic acids is 2. The van der Waals surface area contributed by atoms with Crippen LogP contribution in [0.15, 0.2) is 48.7 Å². The lowest BCUT2D eigenvalue weighted by Gasteiger charge is -2.21. The minimum atomic E-state index is -0.254. The summed E-state index contributed by atoms with van der Waals surface area (Å²) in [5.74, 6) is 0.441. The Balaban J connectivity index is 1.47. The van der Waals surface area contributed by atoms with E-state index in [0.717, 1.165) is 42.2 Å². The number of amides is 2. The van der Waals surface area contributed by atoms with Crippen LogP contribution < -0.4 is 10.1 Å². The fourth-order valence-electron chi connectivity index (χ4n) is 3.93. The lowest BCUT2D eigenvalue weighted by molar-refractivity contribution is -0.132. The van der Waals surface area contributed by atoms with Gasteiger partial charge in [0.15, 0.2) is 6.61 Å². The first-order chi connectivity index (χ1) is 16.1. The predicted octanol–water partition coefficient (Wildman–Crippen LogP) is 4.40. The SMILES string of the molecule is CCC(NC(=O)c1sc(-c2ccccn2)nc1C)c1ccccc1OCC(=O)N1CCCC1. The van der Waals surface area contributed by atoms with Crippen molar-refractivity contribution in [3.63, 3.8) is 0 Å². The smallest absolute Gasteiger partial charge is 0.263 e. The van der Waals surface area contributed by atoms with Crippen molar-refractivity contribution in [3.8, 4) is 16.5 Å². The van der Waals surface area contributed by atoms with Gasteiger partial charge in [-0.15, -0.1) is 11.3 Å². The van der Waals surface area contributed by atoms with Crippen LogP contribution in [0.2, 0.25) is 0 Å². The molecular weight excluding hydrogens is 436 g/mol. The number of nitrogens with one attached hydrogen (secondary N) is 1. The third-order valence-corrected chi connectivity index (χ3v) is 6.88. The summed E-state index contributed by atoms with van der Waals surface area (Å²) in [5, 5.41) is 3.84. The summed E-state index contributed by atoms with van der Waals surface area (Å²) in [4.78, 5) is 36.8. The number of para-hydroxylation sites is 1. The largest absolute Gasteiger partial charge is 0.483 e. The highest BCUT2D eigenvalue weighted by Gasteiger charge is 2.23. The number of carbonyl (C=O) groups is 2. The maximum atomic E-state index is 13.1. The van der Waals surface area contributed by atoms with Gasteiger partial charge in [0.2, 0.25) is 0 Å². The molecular formula is C25H28N4O3S. The lowest BCUT2D eigenvalue weighted by atomic mass is 10.0. The number of nitrogens with zero attached hydrogens (tertiary/aromatic N) is 3. The Labute approximate surface area is 197 Å². The Hall–Kier alpha value is -3.26. The molecule has 2 amide bonds. The summed E-state index contributed by atoms with van der Waals surface area (Å²) in [6.45, 7) is 5.44. The van der Waals surface area contributed by atoms with Gasteiger partial charge in [0.05, 0.1) is 17.4 Å². The minimum Gasteiger partial charge on any atom is -0.483 e. The van der Waals surface area contributed by atoms with Crippen molar-refractivity contribution in [1.29, 1.82) is 0 Å². The monoisotopic (exact) mass is 464 g/mol. The maximum Gasteiger partial charge on any atom is 0.263 e. The molecule has 1 aromatic carbocycles. The molecule has 1 aliphatic rings. The van der Waals surface area contributed by atoms with Gasteiger partial charge >= 0.3 is 0 Å². The number of likely N-dealkylation sites (tertiary alicyclic amines) is 1. The van der Waals surface area contributed by atoms with Crippen molar-refractivity contribution in [3.05, 3.63) is 64.8 Å². The normalized spacial score (nSPS) is 14.2. The average Bonchev–Trinajstić information content (AvgIpc) is 3.52. The molecule has 1 fully saturated rings. The van der Waals surface area contributed by atoms with Gasteiger partial charge in [-0.1, -0.05) is 31.2 Å². The van der Waals surface area contributed by atoms with Crippen molar-refractivity contribution in [2.24, 2.45) is 0 Å². The van der Waals surface area contributed by atoms with E-state index < -0.39 is 0 Å². The Morgan fingerprint density at radius 2 is 1.91 bits per heavy atom. The second-order valence-corrected chi connectivity index (χ2v) is 9.00. The topological polar surface area (TPSA) is 84.4 Å². The van der Waals surface area contributed by atoms with Gasteiger partial charge in [0, 0.05) is 24.8 Å². The summed E-state index contributed by atoms with van der Waals surface area (Å²) in [6, 6.07) is 12.9. The highest BCUT2D eigenvalue weighted by atomic mass is 32.1. The van der Waals surface area contributed by atoms with Crippen LogP contribution in [-0.2, 0) is 4.79 Å². The zero-order valence-corrected chi connectivity index (χ0v) is 19.7. The lowest BCUT2D eigenvalue weighted by Crippen LogP contribution is -2.32.